The molecule has 0 aliphatic carbocycles. The van der Waals surface area contributed by atoms with E-state index in [0.717, 1.165) is 77.7 Å². The van der Waals surface area contributed by atoms with Gasteiger partial charge in [0.05, 0.1) is 0 Å². The van der Waals surface area contributed by atoms with Gasteiger partial charge in [0.15, 0.2) is 0 Å². The Morgan fingerprint density at radius 2 is 1.86 bits per heavy atom. The first-order valence-electron chi connectivity index (χ1n) is 15.0. The first kappa shape index (κ1) is 38.1. The van der Waals surface area contributed by atoms with Crippen LogP contribution in [0.1, 0.15) is 83.6 Å². The molecule has 2 rings (SSSR count). The summed E-state index contributed by atoms with van der Waals surface area (Å²) >= 11 is 0.389. The predicted molar refractivity (Wildman–Crippen MR) is 181 cm³/mol. The molecule has 1 aromatic rings. The van der Waals surface area contributed by atoms with Crippen LogP contribution in [0.15, 0.2) is 46.6 Å². The first-order chi connectivity index (χ1) is 19.5. The van der Waals surface area contributed by atoms with E-state index in [1.54, 1.807) is 7.11 Å². The number of amides is 1. The molecule has 0 fully saturated rings. The zero-order valence-corrected chi connectivity index (χ0v) is 28.8. The van der Waals surface area contributed by atoms with Crippen molar-refractivity contribution < 1.29 is 14.3 Å². The van der Waals surface area contributed by atoms with Crippen LogP contribution in [0.4, 0.5) is 5.69 Å². The Kier molecular flexibility index (Phi) is 17.6. The zero-order valence-electron chi connectivity index (χ0n) is 27.1. The van der Waals surface area contributed by atoms with Crippen LogP contribution in [-0.2, 0) is 20.7 Å². The van der Waals surface area contributed by atoms with E-state index in [9.17, 15) is 4.79 Å². The van der Waals surface area contributed by atoms with Gasteiger partial charge in [-0.2, -0.15) is 0 Å². The fourth-order valence-electron chi connectivity index (χ4n) is 5.15. The van der Waals surface area contributed by atoms with E-state index in [0.29, 0.717) is 33.2 Å². The maximum absolute atomic E-state index is 13.3. The third-order valence-electron chi connectivity index (χ3n) is 8.67. The van der Waals surface area contributed by atoms with Gasteiger partial charge in [0.25, 0.3) is 0 Å². The third kappa shape index (κ3) is 11.7. The summed E-state index contributed by atoms with van der Waals surface area (Å²) in [5.41, 5.74) is 7.39. The molecule has 0 radical (unpaired) electrons. The Hall–Kier alpha value is -1.89. The molecule has 1 aliphatic rings. The molecule has 1 aromatic carbocycles. The van der Waals surface area contributed by atoms with Gasteiger partial charge in [0.2, 0.25) is 0 Å². The second-order valence-corrected chi connectivity index (χ2v) is 13.6. The van der Waals surface area contributed by atoms with Crippen molar-refractivity contribution in [3.8, 4) is 0 Å². The number of hydrogen-bond acceptors (Lipinski definition) is 5. The fraction of sp³-hybridized carbons (Fsp3) is 0.629. The molecule has 1 amide bonds. The van der Waals surface area contributed by atoms with Crippen LogP contribution >= 0.6 is 0 Å². The molecule has 0 saturated heterocycles. The quantitative estimate of drug-likeness (QED) is 0.290. The van der Waals surface area contributed by atoms with Crippen molar-refractivity contribution >= 4 is 26.6 Å². The SMILES string of the molecule is C.C=C(Cc1cc2c(C)c(c1)C(OC)CCC(OC)C[Se]/C=C(\C)C(C)C(C)CC/C=C(\C)C(=O)N2)N(C)CCNC. The summed E-state index contributed by atoms with van der Waals surface area (Å²) in [6.07, 6.45) is 6.61. The number of anilines is 1. The van der Waals surface area contributed by atoms with Crippen molar-refractivity contribution in [3.63, 3.8) is 0 Å². The normalized spacial score (nSPS) is 25.3. The fourth-order valence-corrected chi connectivity index (χ4v) is 7.44. The van der Waals surface area contributed by atoms with E-state index >= 15 is 0 Å². The number of fused-ring (bicyclic) bond motifs is 2. The summed E-state index contributed by atoms with van der Waals surface area (Å²) in [6.45, 7) is 17.1. The average molecular weight is 649 g/mol. The molecule has 1 heterocycles. The van der Waals surface area contributed by atoms with Crippen molar-refractivity contribution in [1.82, 2.24) is 10.2 Å². The Bertz CT molecular complexity index is 1070. The molecule has 0 spiro atoms. The van der Waals surface area contributed by atoms with E-state index in [1.165, 1.54) is 5.57 Å². The minimum atomic E-state index is -0.0945. The number of hydrogen-bond donors (Lipinski definition) is 2. The monoisotopic (exact) mass is 649 g/mol. The molecule has 7 heteroatoms. The van der Waals surface area contributed by atoms with Crippen LogP contribution in [0.5, 0.6) is 0 Å². The molecule has 6 nitrogen and oxygen atoms in total. The maximum atomic E-state index is 13.3. The van der Waals surface area contributed by atoms with Gasteiger partial charge in [0.1, 0.15) is 0 Å². The molecule has 1 aliphatic heterocycles. The van der Waals surface area contributed by atoms with Crippen molar-refractivity contribution in [2.75, 3.05) is 46.7 Å². The van der Waals surface area contributed by atoms with Crippen molar-refractivity contribution in [2.24, 2.45) is 11.8 Å². The number of nitrogens with zero attached hydrogens (tertiary/aromatic N) is 1. The number of likely N-dealkylation sites (N-methyl/N-ethyl adjacent to an activating group) is 2. The molecule has 2 bridgehead atoms. The molecule has 0 saturated carbocycles. The van der Waals surface area contributed by atoms with Crippen LogP contribution in [-0.4, -0.2) is 73.3 Å². The number of nitrogens with one attached hydrogen (secondary N) is 2. The number of rotatable bonds is 8. The van der Waals surface area contributed by atoms with Gasteiger partial charge in [-0.3, -0.25) is 0 Å². The van der Waals surface area contributed by atoms with Gasteiger partial charge in [-0.25, -0.2) is 0 Å². The van der Waals surface area contributed by atoms with Crippen molar-refractivity contribution in [2.45, 2.75) is 91.7 Å². The van der Waals surface area contributed by atoms with E-state index in [1.807, 2.05) is 21.1 Å². The second-order valence-electron chi connectivity index (χ2n) is 11.7. The number of carbonyl (C=O) groups excluding carboxylic acids is 1. The van der Waals surface area contributed by atoms with Gasteiger partial charge in [0, 0.05) is 6.54 Å². The molecule has 4 unspecified atom stereocenters. The Morgan fingerprint density at radius 1 is 1.14 bits per heavy atom. The topological polar surface area (TPSA) is 62.8 Å². The Morgan fingerprint density at radius 3 is 2.50 bits per heavy atom. The third-order valence-corrected chi connectivity index (χ3v) is 11.0. The summed E-state index contributed by atoms with van der Waals surface area (Å²) in [5.74, 6) is 1.03. The minimum Gasteiger partial charge on any atom is -0.318 e. The Balaban J connectivity index is 0.00000882. The molecule has 42 heavy (non-hydrogen) atoms. The molecular weight excluding hydrogens is 589 g/mol. The molecule has 4 atom stereocenters. The summed E-state index contributed by atoms with van der Waals surface area (Å²) in [4.78, 5) is 18.0. The standard InChI is InChI=1S/C34H55N3O3Se.CH4/c1-23-12-11-13-24(2)34(38)36-32-20-29(18-26(4)37(8)17-16-35-7)19-31(28(32)6)33(40-10)15-14-30(39-9)22-41-21-25(3)27(23)5;/h13,19-21,23,27,30,33,35H,4,11-12,14-18,22H2,1-3,5-10H3,(H,36,38);1H4/b24-13+,25-21+;. The van der Waals surface area contributed by atoms with Gasteiger partial charge in [-0.1, -0.05) is 7.43 Å². The smallest absolute Gasteiger partial charge is 0.318 e. The summed E-state index contributed by atoms with van der Waals surface area (Å²) in [6, 6.07) is 4.34. The van der Waals surface area contributed by atoms with Crippen LogP contribution in [0.2, 0.25) is 5.32 Å². The van der Waals surface area contributed by atoms with Crippen molar-refractivity contribution in [3.05, 3.63) is 63.3 Å². The second kappa shape index (κ2) is 19.4. The van der Waals surface area contributed by atoms with Gasteiger partial charge >= 0.3 is 238 Å². The van der Waals surface area contributed by atoms with E-state index in [4.69, 9.17) is 9.47 Å². The summed E-state index contributed by atoms with van der Waals surface area (Å²) in [5, 5.41) is 7.49. The van der Waals surface area contributed by atoms with E-state index in [-0.39, 0.29) is 25.5 Å². The van der Waals surface area contributed by atoms with Crippen molar-refractivity contribution in [1.29, 1.82) is 0 Å². The van der Waals surface area contributed by atoms with Crippen LogP contribution in [0.25, 0.3) is 0 Å². The molecule has 238 valence electrons. The number of allylic oxidation sites excluding steroid dienone is 3. The van der Waals surface area contributed by atoms with Crippen LogP contribution in [0, 0.1) is 18.8 Å². The number of carbonyl (C=O) groups is 1. The molecule has 0 aromatic heterocycles. The minimum absolute atomic E-state index is 0. The van der Waals surface area contributed by atoms with Gasteiger partial charge < -0.3 is 5.32 Å². The zero-order chi connectivity index (χ0) is 30.5. The number of ether oxygens (including phenoxy) is 2. The van der Waals surface area contributed by atoms with Gasteiger partial charge in [-0.05, 0) is 7.05 Å². The van der Waals surface area contributed by atoms with Gasteiger partial charge in [-0.15, -0.1) is 0 Å². The number of benzene rings is 1. The van der Waals surface area contributed by atoms with Crippen LogP contribution in [0.3, 0.4) is 0 Å². The summed E-state index contributed by atoms with van der Waals surface area (Å²) in [7, 11) is 7.64. The predicted octanol–water partition coefficient (Wildman–Crippen LogP) is 7.30. The average Bonchev–Trinajstić information content (AvgIpc) is 2.95. The first-order valence-corrected chi connectivity index (χ1v) is 17.2. The molecular formula is C35H59N3O3Se. The molecule has 2 N–H and O–H groups in total. The van der Waals surface area contributed by atoms with E-state index < -0.39 is 0 Å². The number of methoxy groups -OCH3 is 2. The Labute approximate surface area is 263 Å². The van der Waals surface area contributed by atoms with E-state index in [2.05, 4.69) is 80.0 Å². The van der Waals surface area contributed by atoms with Crippen LogP contribution < -0.4 is 10.6 Å². The summed E-state index contributed by atoms with van der Waals surface area (Å²) < 4.78 is 12.0.